The molecule has 0 radical (unpaired) electrons. The van der Waals surface area contributed by atoms with Crippen LogP contribution in [0, 0.1) is 0 Å². The number of hydrogen-bond acceptors (Lipinski definition) is 4. The van der Waals surface area contributed by atoms with Crippen LogP contribution in [0.5, 0.6) is 11.5 Å². The Labute approximate surface area is 132 Å². The lowest BCUT2D eigenvalue weighted by Crippen LogP contribution is -2.30. The van der Waals surface area contributed by atoms with Gasteiger partial charge in [0.05, 0.1) is 7.11 Å². The molecule has 1 N–H and O–H groups in total. The molecule has 0 fully saturated rings. The number of halogens is 1. The second-order valence-electron chi connectivity index (χ2n) is 4.75. The molecule has 0 saturated heterocycles. The van der Waals surface area contributed by atoms with E-state index in [0.717, 1.165) is 10.6 Å². The molecule has 3 rings (SSSR count). The molecule has 2 unspecified atom stereocenters. The second kappa shape index (κ2) is 6.18. The Kier molecular flexibility index (Phi) is 4.29. The highest BCUT2D eigenvalue weighted by atomic mass is 35.5. The zero-order valence-corrected chi connectivity index (χ0v) is 13.0. The molecule has 3 nitrogen and oxygen atoms in total. The van der Waals surface area contributed by atoms with E-state index in [1.165, 1.54) is 0 Å². The second-order valence-corrected chi connectivity index (χ2v) is 6.24. The van der Waals surface area contributed by atoms with Crippen LogP contribution in [0.2, 0.25) is 5.02 Å². The van der Waals surface area contributed by atoms with Crippen LogP contribution in [0.15, 0.2) is 47.4 Å². The quantitative estimate of drug-likeness (QED) is 0.929. The van der Waals surface area contributed by atoms with Gasteiger partial charge in [0.1, 0.15) is 23.7 Å². The van der Waals surface area contributed by atoms with E-state index in [1.54, 1.807) is 37.1 Å². The highest BCUT2D eigenvalue weighted by molar-refractivity contribution is 7.99. The Morgan fingerprint density at radius 3 is 2.95 bits per heavy atom. The number of benzene rings is 2. The Hall–Kier alpha value is -1.36. The number of hydrogen-bond donors (Lipinski definition) is 1. The van der Waals surface area contributed by atoms with Crippen LogP contribution < -0.4 is 9.47 Å². The molecule has 0 aromatic heterocycles. The zero-order chi connectivity index (χ0) is 14.8. The first-order valence-electron chi connectivity index (χ1n) is 6.59. The molecule has 21 heavy (non-hydrogen) atoms. The minimum Gasteiger partial charge on any atom is -0.496 e. The number of aliphatic hydroxyl groups excluding tert-OH is 1. The maximum absolute atomic E-state index is 10.6. The minimum absolute atomic E-state index is 0.336. The average molecular weight is 323 g/mol. The predicted molar refractivity (Wildman–Crippen MR) is 84.5 cm³/mol. The van der Waals surface area contributed by atoms with E-state index in [2.05, 4.69) is 0 Å². The normalized spacial score (nSPS) is 18.5. The van der Waals surface area contributed by atoms with Crippen LogP contribution in [0.1, 0.15) is 11.7 Å². The summed E-state index contributed by atoms with van der Waals surface area (Å²) in [5, 5.41) is 11.2. The Morgan fingerprint density at radius 2 is 2.14 bits per heavy atom. The minimum atomic E-state index is -0.792. The van der Waals surface area contributed by atoms with Crippen molar-refractivity contribution in [3.05, 3.63) is 53.1 Å². The van der Waals surface area contributed by atoms with E-state index in [-0.39, 0.29) is 6.10 Å². The summed E-state index contributed by atoms with van der Waals surface area (Å²) in [5.74, 6) is 2.09. The number of para-hydroxylation sites is 1. The van der Waals surface area contributed by atoms with Crippen molar-refractivity contribution in [3.8, 4) is 11.5 Å². The van der Waals surface area contributed by atoms with Crippen molar-refractivity contribution < 1.29 is 14.6 Å². The van der Waals surface area contributed by atoms with Crippen molar-refractivity contribution >= 4 is 23.4 Å². The summed E-state index contributed by atoms with van der Waals surface area (Å²) in [6.07, 6.45) is -1.13. The Morgan fingerprint density at radius 1 is 1.33 bits per heavy atom. The van der Waals surface area contributed by atoms with Gasteiger partial charge in [-0.25, -0.2) is 0 Å². The average Bonchev–Trinajstić information content (AvgIpc) is 2.53. The maximum Gasteiger partial charge on any atom is 0.138 e. The highest BCUT2D eigenvalue weighted by Crippen LogP contribution is 2.40. The third-order valence-corrected chi connectivity index (χ3v) is 4.77. The fourth-order valence-corrected chi connectivity index (χ4v) is 3.54. The summed E-state index contributed by atoms with van der Waals surface area (Å²) in [5.41, 5.74) is 0.648. The largest absolute Gasteiger partial charge is 0.496 e. The molecule has 2 aromatic rings. The van der Waals surface area contributed by atoms with Crippen molar-refractivity contribution in [1.29, 1.82) is 0 Å². The molecular formula is C16H15ClO3S. The van der Waals surface area contributed by atoms with E-state index in [4.69, 9.17) is 21.1 Å². The molecule has 1 aliphatic rings. The SMILES string of the molecule is COc1ccc(Cl)cc1C(O)C1CSc2ccccc2O1. The molecule has 0 spiro atoms. The number of fused-ring (bicyclic) bond motifs is 1. The Balaban J connectivity index is 1.87. The summed E-state index contributed by atoms with van der Waals surface area (Å²) in [7, 11) is 1.57. The van der Waals surface area contributed by atoms with Gasteiger partial charge in [-0.2, -0.15) is 0 Å². The van der Waals surface area contributed by atoms with Gasteiger partial charge >= 0.3 is 0 Å². The van der Waals surface area contributed by atoms with E-state index in [0.29, 0.717) is 22.1 Å². The van der Waals surface area contributed by atoms with E-state index in [1.807, 2.05) is 24.3 Å². The van der Waals surface area contributed by atoms with Gasteiger partial charge in [0.15, 0.2) is 0 Å². The maximum atomic E-state index is 10.6. The fraction of sp³-hybridized carbons (Fsp3) is 0.250. The molecule has 0 saturated carbocycles. The van der Waals surface area contributed by atoms with Gasteiger partial charge in [-0.05, 0) is 30.3 Å². The molecule has 110 valence electrons. The fourth-order valence-electron chi connectivity index (χ4n) is 2.33. The first-order chi connectivity index (χ1) is 10.2. The van der Waals surface area contributed by atoms with Crippen LogP contribution in [0.25, 0.3) is 0 Å². The van der Waals surface area contributed by atoms with Crippen LogP contribution in [0.3, 0.4) is 0 Å². The summed E-state index contributed by atoms with van der Waals surface area (Å²) in [4.78, 5) is 1.10. The third-order valence-electron chi connectivity index (χ3n) is 3.39. The van der Waals surface area contributed by atoms with E-state index in [9.17, 15) is 5.11 Å². The summed E-state index contributed by atoms with van der Waals surface area (Å²) < 4.78 is 11.2. The number of aliphatic hydroxyl groups is 1. The molecular weight excluding hydrogens is 308 g/mol. The van der Waals surface area contributed by atoms with Crippen LogP contribution in [0.4, 0.5) is 0 Å². The lowest BCUT2D eigenvalue weighted by Gasteiger charge is -2.29. The number of methoxy groups -OCH3 is 1. The van der Waals surface area contributed by atoms with Crippen molar-refractivity contribution in [2.24, 2.45) is 0 Å². The van der Waals surface area contributed by atoms with Crippen LogP contribution in [-0.2, 0) is 0 Å². The smallest absolute Gasteiger partial charge is 0.138 e. The van der Waals surface area contributed by atoms with Gasteiger partial charge in [0.25, 0.3) is 0 Å². The van der Waals surface area contributed by atoms with Crippen molar-refractivity contribution in [2.75, 3.05) is 12.9 Å². The molecule has 2 aromatic carbocycles. The molecule has 2 atom stereocenters. The lowest BCUT2D eigenvalue weighted by atomic mass is 10.0. The predicted octanol–water partition coefficient (Wildman–Crippen LogP) is 3.94. The topological polar surface area (TPSA) is 38.7 Å². The first-order valence-corrected chi connectivity index (χ1v) is 7.95. The van der Waals surface area contributed by atoms with Gasteiger partial charge in [-0.3, -0.25) is 0 Å². The number of thioether (sulfide) groups is 1. The molecule has 1 aliphatic heterocycles. The number of rotatable bonds is 3. The lowest BCUT2D eigenvalue weighted by molar-refractivity contribution is 0.0441. The summed E-state index contributed by atoms with van der Waals surface area (Å²) in [6, 6.07) is 13.0. The van der Waals surface area contributed by atoms with E-state index >= 15 is 0 Å². The van der Waals surface area contributed by atoms with E-state index < -0.39 is 6.10 Å². The standard InChI is InChI=1S/C16H15ClO3S/c1-19-12-7-6-10(17)8-11(12)16(18)14-9-21-15-5-3-2-4-13(15)20-14/h2-8,14,16,18H,9H2,1H3. The molecule has 1 heterocycles. The van der Waals surface area contributed by atoms with Crippen molar-refractivity contribution in [1.82, 2.24) is 0 Å². The Bertz CT molecular complexity index is 647. The first kappa shape index (κ1) is 14.6. The molecule has 0 amide bonds. The van der Waals surface area contributed by atoms with Gasteiger partial charge in [-0.1, -0.05) is 23.7 Å². The van der Waals surface area contributed by atoms with Crippen LogP contribution >= 0.6 is 23.4 Å². The summed E-state index contributed by atoms with van der Waals surface area (Å²) in [6.45, 7) is 0. The monoisotopic (exact) mass is 322 g/mol. The molecule has 0 bridgehead atoms. The van der Waals surface area contributed by atoms with Gasteiger partial charge < -0.3 is 14.6 Å². The third kappa shape index (κ3) is 2.98. The van der Waals surface area contributed by atoms with Crippen LogP contribution in [-0.4, -0.2) is 24.1 Å². The van der Waals surface area contributed by atoms with Gasteiger partial charge in [-0.15, -0.1) is 11.8 Å². The van der Waals surface area contributed by atoms with Crippen molar-refractivity contribution in [2.45, 2.75) is 17.1 Å². The van der Waals surface area contributed by atoms with Gasteiger partial charge in [0.2, 0.25) is 0 Å². The summed E-state index contributed by atoms with van der Waals surface area (Å²) >= 11 is 7.70. The zero-order valence-electron chi connectivity index (χ0n) is 11.5. The molecule has 0 aliphatic carbocycles. The van der Waals surface area contributed by atoms with Gasteiger partial charge in [0, 0.05) is 21.2 Å². The van der Waals surface area contributed by atoms with Crippen molar-refractivity contribution in [3.63, 3.8) is 0 Å². The highest BCUT2D eigenvalue weighted by Gasteiger charge is 2.29. The number of ether oxygens (including phenoxy) is 2. The molecule has 5 heteroatoms.